The number of carbonyl (C=O) groups excluding carboxylic acids is 2. The number of urea groups is 1. The van der Waals surface area contributed by atoms with Crippen LogP contribution < -0.4 is 10.6 Å². The van der Waals surface area contributed by atoms with Crippen LogP contribution in [0.3, 0.4) is 0 Å². The molecule has 5 heteroatoms. The molecule has 0 heterocycles. The molecule has 5 nitrogen and oxygen atoms in total. The van der Waals surface area contributed by atoms with Crippen molar-refractivity contribution < 1.29 is 14.7 Å². The Morgan fingerprint density at radius 3 is 2.10 bits per heavy atom. The van der Waals surface area contributed by atoms with Gasteiger partial charge in [-0.1, -0.05) is 6.07 Å². The molecule has 0 aromatic heterocycles. The lowest BCUT2D eigenvalue weighted by Crippen LogP contribution is -2.19. The molecule has 0 saturated heterocycles. The molecule has 0 unspecified atom stereocenters. The summed E-state index contributed by atoms with van der Waals surface area (Å²) in [6, 6.07) is 11.1. The molecule has 0 aliphatic carbocycles. The summed E-state index contributed by atoms with van der Waals surface area (Å²) in [7, 11) is 0. The van der Waals surface area contributed by atoms with E-state index >= 15 is 0 Å². The Balaban J connectivity index is 2.01. The molecular formula is C16H16N2O3. The van der Waals surface area contributed by atoms with Crippen molar-refractivity contribution in [2.45, 2.75) is 13.8 Å². The maximum atomic E-state index is 11.8. The number of hydrogen-bond donors (Lipinski definition) is 3. The molecule has 2 aromatic carbocycles. The van der Waals surface area contributed by atoms with Gasteiger partial charge in [-0.2, -0.15) is 0 Å². The number of hydrogen-bond acceptors (Lipinski definition) is 3. The number of anilines is 2. The third-order valence-corrected chi connectivity index (χ3v) is 3.02. The van der Waals surface area contributed by atoms with Crippen LogP contribution in [-0.4, -0.2) is 16.9 Å². The van der Waals surface area contributed by atoms with Gasteiger partial charge in [-0.15, -0.1) is 0 Å². The lowest BCUT2D eigenvalue weighted by atomic mass is 10.1. The third kappa shape index (κ3) is 3.82. The van der Waals surface area contributed by atoms with Gasteiger partial charge in [0.2, 0.25) is 0 Å². The summed E-state index contributed by atoms with van der Waals surface area (Å²) < 4.78 is 0. The molecule has 0 aliphatic rings. The number of aryl methyl sites for hydroxylation is 1. The average Bonchev–Trinajstić information content (AvgIpc) is 2.43. The molecule has 0 fully saturated rings. The fourth-order valence-electron chi connectivity index (χ4n) is 1.77. The van der Waals surface area contributed by atoms with Crippen LogP contribution in [-0.2, 0) is 0 Å². The van der Waals surface area contributed by atoms with Crippen LogP contribution >= 0.6 is 0 Å². The van der Waals surface area contributed by atoms with Crippen LogP contribution in [0.25, 0.3) is 0 Å². The number of phenols is 1. The van der Waals surface area contributed by atoms with Gasteiger partial charge in [-0.25, -0.2) is 4.79 Å². The fourth-order valence-corrected chi connectivity index (χ4v) is 1.77. The monoisotopic (exact) mass is 284 g/mol. The summed E-state index contributed by atoms with van der Waals surface area (Å²) in [6.45, 7) is 3.26. The number of benzene rings is 2. The predicted octanol–water partition coefficient (Wildman–Crippen LogP) is 3.55. The minimum absolute atomic E-state index is 0.0267. The first-order valence-corrected chi connectivity index (χ1v) is 6.44. The van der Waals surface area contributed by atoms with Gasteiger partial charge in [-0.05, 0) is 49.7 Å². The van der Waals surface area contributed by atoms with E-state index < -0.39 is 6.03 Å². The summed E-state index contributed by atoms with van der Waals surface area (Å²) in [4.78, 5) is 23.0. The molecule has 2 aromatic rings. The van der Waals surface area contributed by atoms with E-state index in [-0.39, 0.29) is 11.5 Å². The first kappa shape index (κ1) is 14.6. The number of phenolic OH excluding ortho intramolecular Hbond substituents is 1. The number of ketones is 1. The lowest BCUT2D eigenvalue weighted by molar-refractivity contribution is 0.101. The smallest absolute Gasteiger partial charge is 0.323 e. The highest BCUT2D eigenvalue weighted by Gasteiger charge is 2.05. The number of amides is 2. The first-order chi connectivity index (χ1) is 9.95. The van der Waals surface area contributed by atoms with Gasteiger partial charge in [0.1, 0.15) is 5.75 Å². The molecule has 0 radical (unpaired) electrons. The second kappa shape index (κ2) is 6.09. The van der Waals surface area contributed by atoms with Gasteiger partial charge in [0.05, 0.1) is 0 Å². The van der Waals surface area contributed by atoms with E-state index in [1.165, 1.54) is 13.0 Å². The van der Waals surface area contributed by atoms with Crippen molar-refractivity contribution in [3.05, 3.63) is 53.6 Å². The number of carbonyl (C=O) groups is 2. The number of Topliss-reactive ketones (excluding diaryl/α,β-unsaturated/α-hetero) is 1. The van der Waals surface area contributed by atoms with E-state index in [2.05, 4.69) is 10.6 Å². The van der Waals surface area contributed by atoms with Gasteiger partial charge >= 0.3 is 6.03 Å². The molecule has 0 aliphatic heterocycles. The molecule has 21 heavy (non-hydrogen) atoms. The van der Waals surface area contributed by atoms with Crippen LogP contribution in [0, 0.1) is 6.92 Å². The van der Waals surface area contributed by atoms with Gasteiger partial charge < -0.3 is 15.7 Å². The van der Waals surface area contributed by atoms with Gasteiger partial charge in [0, 0.05) is 23.0 Å². The Kier molecular flexibility index (Phi) is 4.23. The standard InChI is InChI=1S/C16H16N2O3/c1-10-3-6-14(9-15(10)20)18-16(21)17-13-7-4-12(5-8-13)11(2)19/h3-9,20H,1-2H3,(H2,17,18,21). The molecular weight excluding hydrogens is 268 g/mol. The molecule has 0 atom stereocenters. The number of rotatable bonds is 3. The zero-order valence-electron chi connectivity index (χ0n) is 11.8. The van der Waals surface area contributed by atoms with Crippen LogP contribution in [0.5, 0.6) is 5.75 Å². The molecule has 2 rings (SSSR count). The predicted molar refractivity (Wildman–Crippen MR) is 81.9 cm³/mol. The maximum Gasteiger partial charge on any atom is 0.323 e. The Morgan fingerprint density at radius 1 is 0.952 bits per heavy atom. The van der Waals surface area contributed by atoms with Crippen molar-refractivity contribution in [2.24, 2.45) is 0 Å². The van der Waals surface area contributed by atoms with Crippen LogP contribution in [0.1, 0.15) is 22.8 Å². The zero-order chi connectivity index (χ0) is 15.4. The highest BCUT2D eigenvalue weighted by atomic mass is 16.3. The Morgan fingerprint density at radius 2 is 1.52 bits per heavy atom. The number of aromatic hydroxyl groups is 1. The molecule has 108 valence electrons. The Hall–Kier alpha value is -2.82. The minimum Gasteiger partial charge on any atom is -0.508 e. The number of nitrogens with one attached hydrogen (secondary N) is 2. The minimum atomic E-state index is -0.422. The summed E-state index contributed by atoms with van der Waals surface area (Å²) in [5, 5.41) is 14.8. The van der Waals surface area contributed by atoms with Crippen LogP contribution in [0.15, 0.2) is 42.5 Å². The van der Waals surface area contributed by atoms with Crippen LogP contribution in [0.2, 0.25) is 0 Å². The lowest BCUT2D eigenvalue weighted by Gasteiger charge is -2.09. The van der Waals surface area contributed by atoms with Gasteiger partial charge in [0.25, 0.3) is 0 Å². The average molecular weight is 284 g/mol. The maximum absolute atomic E-state index is 11.8. The van der Waals surface area contributed by atoms with Gasteiger partial charge in [-0.3, -0.25) is 4.79 Å². The first-order valence-electron chi connectivity index (χ1n) is 6.44. The fraction of sp³-hybridized carbons (Fsp3) is 0.125. The van der Waals surface area contributed by atoms with Crippen molar-refractivity contribution in [2.75, 3.05) is 10.6 Å². The van der Waals surface area contributed by atoms with Crippen molar-refractivity contribution in [1.29, 1.82) is 0 Å². The van der Waals surface area contributed by atoms with Crippen LogP contribution in [0.4, 0.5) is 16.2 Å². The van der Waals surface area contributed by atoms with Crippen molar-refractivity contribution in [3.63, 3.8) is 0 Å². The van der Waals surface area contributed by atoms with Crippen molar-refractivity contribution >= 4 is 23.2 Å². The third-order valence-electron chi connectivity index (χ3n) is 3.02. The van der Waals surface area contributed by atoms with Crippen molar-refractivity contribution in [1.82, 2.24) is 0 Å². The van der Waals surface area contributed by atoms with E-state index in [0.29, 0.717) is 16.9 Å². The summed E-state index contributed by atoms with van der Waals surface area (Å²) in [5.41, 5.74) is 2.40. The van der Waals surface area contributed by atoms with E-state index in [4.69, 9.17) is 0 Å². The molecule has 0 bridgehead atoms. The van der Waals surface area contributed by atoms with Gasteiger partial charge in [0.15, 0.2) is 5.78 Å². The Labute approximate surface area is 122 Å². The molecule has 2 amide bonds. The highest BCUT2D eigenvalue weighted by Crippen LogP contribution is 2.21. The quantitative estimate of drug-likeness (QED) is 0.754. The second-order valence-electron chi connectivity index (χ2n) is 4.71. The second-order valence-corrected chi connectivity index (χ2v) is 4.71. The highest BCUT2D eigenvalue weighted by molar-refractivity contribution is 6.00. The largest absolute Gasteiger partial charge is 0.508 e. The van der Waals surface area contributed by atoms with E-state index in [0.717, 1.165) is 5.56 Å². The van der Waals surface area contributed by atoms with E-state index in [1.54, 1.807) is 43.3 Å². The summed E-state index contributed by atoms with van der Waals surface area (Å²) in [5.74, 6) is 0.0970. The van der Waals surface area contributed by atoms with E-state index in [9.17, 15) is 14.7 Å². The summed E-state index contributed by atoms with van der Waals surface area (Å²) in [6.07, 6.45) is 0. The zero-order valence-corrected chi connectivity index (χ0v) is 11.8. The topological polar surface area (TPSA) is 78.4 Å². The molecule has 0 saturated carbocycles. The van der Waals surface area contributed by atoms with E-state index in [1.807, 2.05) is 0 Å². The molecule has 0 spiro atoms. The molecule has 3 N–H and O–H groups in total. The normalized spacial score (nSPS) is 10.0. The Bertz CT molecular complexity index is 678. The summed E-state index contributed by atoms with van der Waals surface area (Å²) >= 11 is 0. The SMILES string of the molecule is CC(=O)c1ccc(NC(=O)Nc2ccc(C)c(O)c2)cc1. The van der Waals surface area contributed by atoms with Crippen molar-refractivity contribution in [3.8, 4) is 5.75 Å².